The highest BCUT2D eigenvalue weighted by Gasteiger charge is 2.28. The number of carbonyl (C=O) groups is 1. The molecule has 0 aromatic heterocycles. The lowest BCUT2D eigenvalue weighted by Gasteiger charge is -2.25. The van der Waals surface area contributed by atoms with Gasteiger partial charge in [0, 0.05) is 12.6 Å². The Morgan fingerprint density at radius 2 is 1.63 bits per heavy atom. The molecule has 1 aliphatic rings. The summed E-state index contributed by atoms with van der Waals surface area (Å²) in [6.45, 7) is 0. The highest BCUT2D eigenvalue weighted by molar-refractivity contribution is 5.97. The topological polar surface area (TPSA) is 38.7 Å². The molecule has 0 radical (unpaired) electrons. The van der Waals surface area contributed by atoms with E-state index in [2.05, 4.69) is 54.6 Å². The van der Waals surface area contributed by atoms with Crippen molar-refractivity contribution in [3.8, 4) is 11.1 Å². The Hall–Kier alpha value is -3.46. The molecule has 0 aliphatic carbocycles. The summed E-state index contributed by atoms with van der Waals surface area (Å²) < 4.78 is 4.93. The van der Waals surface area contributed by atoms with Gasteiger partial charge in [-0.05, 0) is 47.2 Å². The standard InChI is InChI=1S/C27H25NO2/c1-30-26(29)25-11-6-5-10-24(25)23-14-12-22(13-15-23)20-27(17-7-19-28-27)18-16-21-8-3-2-4-9-21/h2-15,17,19H,16,18,20H2,1H3. The Morgan fingerprint density at radius 3 is 2.33 bits per heavy atom. The summed E-state index contributed by atoms with van der Waals surface area (Å²) >= 11 is 0. The van der Waals surface area contributed by atoms with Crippen LogP contribution >= 0.6 is 0 Å². The molecule has 3 aromatic rings. The molecule has 0 bridgehead atoms. The zero-order chi connectivity index (χ0) is 20.8. The van der Waals surface area contributed by atoms with Crippen LogP contribution < -0.4 is 0 Å². The van der Waals surface area contributed by atoms with Gasteiger partial charge < -0.3 is 4.74 Å². The van der Waals surface area contributed by atoms with Gasteiger partial charge in [-0.1, -0.05) is 78.9 Å². The predicted molar refractivity (Wildman–Crippen MR) is 122 cm³/mol. The minimum atomic E-state index is -0.319. The molecule has 0 fully saturated rings. The minimum absolute atomic E-state index is 0.193. The van der Waals surface area contributed by atoms with Crippen LogP contribution in [0, 0.1) is 0 Å². The SMILES string of the molecule is COC(=O)c1ccccc1-c1ccc(CC2(CCc3ccccc3)C=CC=N2)cc1. The number of nitrogens with zero attached hydrogens (tertiary/aromatic N) is 1. The molecule has 4 rings (SSSR count). The van der Waals surface area contributed by atoms with E-state index in [0.717, 1.165) is 30.4 Å². The van der Waals surface area contributed by atoms with Crippen molar-refractivity contribution >= 4 is 12.2 Å². The first-order valence-corrected chi connectivity index (χ1v) is 10.2. The first kappa shape index (κ1) is 19.8. The fourth-order valence-corrected chi connectivity index (χ4v) is 3.98. The third kappa shape index (κ3) is 4.41. The van der Waals surface area contributed by atoms with Crippen molar-refractivity contribution in [3.63, 3.8) is 0 Å². The lowest BCUT2D eigenvalue weighted by Crippen LogP contribution is -2.26. The number of ether oxygens (including phenoxy) is 1. The number of benzene rings is 3. The van der Waals surface area contributed by atoms with Crippen molar-refractivity contribution < 1.29 is 9.53 Å². The smallest absolute Gasteiger partial charge is 0.338 e. The number of rotatable bonds is 7. The van der Waals surface area contributed by atoms with E-state index in [1.54, 1.807) is 6.07 Å². The summed E-state index contributed by atoms with van der Waals surface area (Å²) in [5.74, 6) is -0.319. The Kier molecular flexibility index (Phi) is 5.89. The van der Waals surface area contributed by atoms with Crippen molar-refractivity contribution in [2.24, 2.45) is 4.99 Å². The molecule has 3 heteroatoms. The van der Waals surface area contributed by atoms with Crippen LogP contribution in [0.4, 0.5) is 0 Å². The maximum absolute atomic E-state index is 12.1. The molecule has 0 amide bonds. The van der Waals surface area contributed by atoms with Crippen molar-refractivity contribution in [1.82, 2.24) is 0 Å². The second-order valence-corrected chi connectivity index (χ2v) is 7.64. The highest BCUT2D eigenvalue weighted by atomic mass is 16.5. The third-order valence-corrected chi connectivity index (χ3v) is 5.62. The van der Waals surface area contributed by atoms with E-state index < -0.39 is 0 Å². The van der Waals surface area contributed by atoms with E-state index in [1.807, 2.05) is 36.6 Å². The molecule has 1 atom stereocenters. The Bertz CT molecular complexity index is 1050. The molecule has 1 aliphatic heterocycles. The molecular formula is C27H25NO2. The van der Waals surface area contributed by atoms with Crippen LogP contribution in [-0.4, -0.2) is 24.8 Å². The van der Waals surface area contributed by atoms with Crippen LogP contribution in [0.5, 0.6) is 0 Å². The van der Waals surface area contributed by atoms with Crippen LogP contribution in [0.15, 0.2) is 96.0 Å². The second kappa shape index (κ2) is 8.91. The van der Waals surface area contributed by atoms with E-state index in [4.69, 9.17) is 9.73 Å². The van der Waals surface area contributed by atoms with Crippen molar-refractivity contribution in [2.45, 2.75) is 24.8 Å². The first-order valence-electron chi connectivity index (χ1n) is 10.2. The molecule has 1 heterocycles. The molecular weight excluding hydrogens is 370 g/mol. The normalized spacial score (nSPS) is 17.2. The van der Waals surface area contributed by atoms with Gasteiger partial charge in [-0.3, -0.25) is 4.99 Å². The number of methoxy groups -OCH3 is 1. The molecule has 0 spiro atoms. The fraction of sp³-hybridized carbons (Fsp3) is 0.185. The van der Waals surface area contributed by atoms with Crippen LogP contribution in [0.1, 0.15) is 27.9 Å². The van der Waals surface area contributed by atoms with E-state index >= 15 is 0 Å². The van der Waals surface area contributed by atoms with Gasteiger partial charge in [0.25, 0.3) is 0 Å². The van der Waals surface area contributed by atoms with Crippen LogP contribution in [-0.2, 0) is 17.6 Å². The predicted octanol–water partition coefficient (Wildman–Crippen LogP) is 5.69. The van der Waals surface area contributed by atoms with Crippen LogP contribution in [0.3, 0.4) is 0 Å². The summed E-state index contributed by atoms with van der Waals surface area (Å²) in [4.78, 5) is 16.9. The number of hydrogen-bond acceptors (Lipinski definition) is 3. The zero-order valence-corrected chi connectivity index (χ0v) is 17.1. The van der Waals surface area contributed by atoms with Crippen molar-refractivity contribution in [2.75, 3.05) is 7.11 Å². The Balaban J connectivity index is 1.52. The van der Waals surface area contributed by atoms with Gasteiger partial charge in [-0.2, -0.15) is 0 Å². The quantitative estimate of drug-likeness (QED) is 0.482. The Morgan fingerprint density at radius 1 is 0.900 bits per heavy atom. The molecule has 0 saturated carbocycles. The van der Waals surface area contributed by atoms with Gasteiger partial charge in [0.05, 0.1) is 18.2 Å². The maximum Gasteiger partial charge on any atom is 0.338 e. The molecule has 3 nitrogen and oxygen atoms in total. The van der Waals surface area contributed by atoms with Crippen LogP contribution in [0.25, 0.3) is 11.1 Å². The minimum Gasteiger partial charge on any atom is -0.465 e. The van der Waals surface area contributed by atoms with Gasteiger partial charge in [0.15, 0.2) is 0 Å². The van der Waals surface area contributed by atoms with E-state index in [9.17, 15) is 4.79 Å². The monoisotopic (exact) mass is 395 g/mol. The summed E-state index contributed by atoms with van der Waals surface area (Å²) in [6, 6.07) is 26.5. The summed E-state index contributed by atoms with van der Waals surface area (Å²) in [5.41, 5.74) is 4.84. The number of esters is 1. The third-order valence-electron chi connectivity index (χ3n) is 5.62. The number of allylic oxidation sites excluding steroid dienone is 1. The number of carbonyl (C=O) groups excluding carboxylic acids is 1. The van der Waals surface area contributed by atoms with Crippen molar-refractivity contribution in [3.05, 3.63) is 108 Å². The fourth-order valence-electron chi connectivity index (χ4n) is 3.98. The van der Waals surface area contributed by atoms with Gasteiger partial charge >= 0.3 is 5.97 Å². The maximum atomic E-state index is 12.1. The number of aryl methyl sites for hydroxylation is 1. The molecule has 0 N–H and O–H groups in total. The molecule has 30 heavy (non-hydrogen) atoms. The highest BCUT2D eigenvalue weighted by Crippen LogP contribution is 2.30. The molecule has 150 valence electrons. The van der Waals surface area contributed by atoms with Gasteiger partial charge in [0.2, 0.25) is 0 Å². The van der Waals surface area contributed by atoms with E-state index in [-0.39, 0.29) is 11.5 Å². The van der Waals surface area contributed by atoms with E-state index in [0.29, 0.717) is 5.56 Å². The average Bonchev–Trinajstić information content (AvgIpc) is 3.27. The molecule has 1 unspecified atom stereocenters. The lowest BCUT2D eigenvalue weighted by atomic mass is 9.85. The van der Waals surface area contributed by atoms with Gasteiger partial charge in [-0.25, -0.2) is 4.79 Å². The molecule has 0 saturated heterocycles. The Labute approximate surface area is 177 Å². The number of aliphatic imine (C=N–C) groups is 1. The first-order chi connectivity index (χ1) is 14.7. The zero-order valence-electron chi connectivity index (χ0n) is 17.1. The summed E-state index contributed by atoms with van der Waals surface area (Å²) in [6.07, 6.45) is 8.99. The summed E-state index contributed by atoms with van der Waals surface area (Å²) in [7, 11) is 1.41. The molecule has 3 aromatic carbocycles. The number of hydrogen-bond donors (Lipinski definition) is 0. The second-order valence-electron chi connectivity index (χ2n) is 7.64. The lowest BCUT2D eigenvalue weighted by molar-refractivity contribution is 0.0601. The van der Waals surface area contributed by atoms with Crippen molar-refractivity contribution in [1.29, 1.82) is 0 Å². The van der Waals surface area contributed by atoms with Gasteiger partial charge in [0.1, 0.15) is 0 Å². The average molecular weight is 396 g/mol. The van der Waals surface area contributed by atoms with Gasteiger partial charge in [-0.15, -0.1) is 0 Å². The summed E-state index contributed by atoms with van der Waals surface area (Å²) in [5, 5.41) is 0. The largest absolute Gasteiger partial charge is 0.465 e. The van der Waals surface area contributed by atoms with Crippen LogP contribution in [0.2, 0.25) is 0 Å². The van der Waals surface area contributed by atoms with E-state index in [1.165, 1.54) is 18.2 Å².